The average molecular weight is 301 g/mol. The molecule has 2 unspecified atom stereocenters. The predicted molar refractivity (Wildman–Crippen MR) is 84.5 cm³/mol. The standard InChI is InChI=1S/C17H23N3O2/c1-3-22-17(21)14-11-18-20-12(2)9-10-15(19-16(14)20)13-7-5-4-6-8-13/h4-8,12,15,18-19H,3,9-11H2,1-2H3. The zero-order valence-corrected chi connectivity index (χ0v) is 13.1. The number of hydrazine groups is 1. The maximum atomic E-state index is 12.2. The van der Waals surface area contributed by atoms with Crippen molar-refractivity contribution in [2.24, 2.45) is 0 Å². The number of hydrogen-bond donors (Lipinski definition) is 2. The van der Waals surface area contributed by atoms with E-state index in [9.17, 15) is 4.79 Å². The molecule has 2 aliphatic heterocycles. The van der Waals surface area contributed by atoms with E-state index in [0.29, 0.717) is 24.8 Å². The first-order valence-electron chi connectivity index (χ1n) is 7.95. The summed E-state index contributed by atoms with van der Waals surface area (Å²) < 4.78 is 5.19. The second-order valence-electron chi connectivity index (χ2n) is 5.79. The molecule has 2 atom stereocenters. The van der Waals surface area contributed by atoms with E-state index in [1.807, 2.05) is 13.0 Å². The van der Waals surface area contributed by atoms with Crippen LogP contribution in [0.3, 0.4) is 0 Å². The lowest BCUT2D eigenvalue weighted by molar-refractivity contribution is -0.138. The summed E-state index contributed by atoms with van der Waals surface area (Å²) >= 11 is 0. The van der Waals surface area contributed by atoms with Crippen LogP contribution in [0.1, 0.15) is 38.3 Å². The van der Waals surface area contributed by atoms with Crippen molar-refractivity contribution in [1.29, 1.82) is 0 Å². The number of nitrogens with zero attached hydrogens (tertiary/aromatic N) is 1. The van der Waals surface area contributed by atoms with Gasteiger partial charge >= 0.3 is 5.97 Å². The molecule has 0 bridgehead atoms. The number of benzene rings is 1. The lowest BCUT2D eigenvalue weighted by Crippen LogP contribution is -2.41. The van der Waals surface area contributed by atoms with Gasteiger partial charge in [-0.1, -0.05) is 30.3 Å². The Bertz CT molecular complexity index is 571. The Labute approximate surface area is 131 Å². The summed E-state index contributed by atoms with van der Waals surface area (Å²) in [4.78, 5) is 12.2. The Hall–Kier alpha value is -2.01. The summed E-state index contributed by atoms with van der Waals surface area (Å²) in [7, 11) is 0. The molecule has 0 spiro atoms. The quantitative estimate of drug-likeness (QED) is 0.837. The molecule has 2 heterocycles. The van der Waals surface area contributed by atoms with Gasteiger partial charge in [0.15, 0.2) is 0 Å². The number of carbonyl (C=O) groups excluding carboxylic acids is 1. The molecule has 22 heavy (non-hydrogen) atoms. The van der Waals surface area contributed by atoms with Crippen LogP contribution in [0.2, 0.25) is 0 Å². The van der Waals surface area contributed by atoms with E-state index in [-0.39, 0.29) is 12.0 Å². The Kier molecular flexibility index (Phi) is 4.34. The number of ether oxygens (including phenoxy) is 1. The van der Waals surface area contributed by atoms with Gasteiger partial charge in [-0.2, -0.15) is 0 Å². The van der Waals surface area contributed by atoms with Gasteiger partial charge in [0, 0.05) is 6.04 Å². The molecule has 0 amide bonds. The van der Waals surface area contributed by atoms with Crippen molar-refractivity contribution >= 4 is 5.97 Å². The van der Waals surface area contributed by atoms with Gasteiger partial charge in [-0.05, 0) is 32.3 Å². The molecule has 0 radical (unpaired) electrons. The van der Waals surface area contributed by atoms with E-state index in [0.717, 1.165) is 18.7 Å². The van der Waals surface area contributed by atoms with Crippen LogP contribution in [0.25, 0.3) is 0 Å². The number of carbonyl (C=O) groups is 1. The highest BCUT2D eigenvalue weighted by atomic mass is 16.5. The van der Waals surface area contributed by atoms with Crippen molar-refractivity contribution < 1.29 is 9.53 Å². The van der Waals surface area contributed by atoms with Crippen molar-refractivity contribution in [1.82, 2.24) is 15.8 Å². The minimum absolute atomic E-state index is 0.216. The number of rotatable bonds is 3. The van der Waals surface area contributed by atoms with Gasteiger partial charge in [0.05, 0.1) is 24.8 Å². The van der Waals surface area contributed by atoms with Gasteiger partial charge in [-0.25, -0.2) is 10.2 Å². The van der Waals surface area contributed by atoms with Gasteiger partial charge in [0.1, 0.15) is 5.82 Å². The SMILES string of the molecule is CCOC(=O)C1=C2NC(c3ccccc3)CCC(C)N2NC1. The molecular weight excluding hydrogens is 278 g/mol. The highest BCUT2D eigenvalue weighted by Crippen LogP contribution is 2.30. The maximum Gasteiger partial charge on any atom is 0.339 e. The molecule has 2 N–H and O–H groups in total. The highest BCUT2D eigenvalue weighted by Gasteiger charge is 2.34. The summed E-state index contributed by atoms with van der Waals surface area (Å²) in [5.74, 6) is 0.637. The normalized spacial score (nSPS) is 24.5. The molecule has 5 heteroatoms. The molecule has 2 aliphatic rings. The molecule has 0 saturated carbocycles. The van der Waals surface area contributed by atoms with Crippen molar-refractivity contribution in [2.45, 2.75) is 38.8 Å². The van der Waals surface area contributed by atoms with Crippen molar-refractivity contribution in [2.75, 3.05) is 13.2 Å². The number of esters is 1. The minimum Gasteiger partial charge on any atom is -0.462 e. The van der Waals surface area contributed by atoms with E-state index < -0.39 is 0 Å². The monoisotopic (exact) mass is 301 g/mol. The Morgan fingerprint density at radius 2 is 2.09 bits per heavy atom. The molecular formula is C17H23N3O2. The fourth-order valence-electron chi connectivity index (χ4n) is 3.10. The number of hydrogen-bond acceptors (Lipinski definition) is 5. The molecule has 118 valence electrons. The largest absolute Gasteiger partial charge is 0.462 e. The number of fused-ring (bicyclic) bond motifs is 1. The molecule has 1 aromatic rings. The zero-order valence-electron chi connectivity index (χ0n) is 13.1. The second-order valence-corrected chi connectivity index (χ2v) is 5.79. The average Bonchev–Trinajstić information content (AvgIpc) is 2.88. The third-order valence-electron chi connectivity index (χ3n) is 4.30. The van der Waals surface area contributed by atoms with Crippen LogP contribution in [0.15, 0.2) is 41.7 Å². The van der Waals surface area contributed by atoms with Crippen LogP contribution in [-0.4, -0.2) is 30.2 Å². The van der Waals surface area contributed by atoms with Crippen molar-refractivity contribution in [3.63, 3.8) is 0 Å². The first-order valence-corrected chi connectivity index (χ1v) is 7.95. The first-order chi connectivity index (χ1) is 10.7. The maximum absolute atomic E-state index is 12.2. The summed E-state index contributed by atoms with van der Waals surface area (Å²) in [6, 6.07) is 10.9. The highest BCUT2D eigenvalue weighted by molar-refractivity contribution is 5.90. The lowest BCUT2D eigenvalue weighted by atomic mass is 10.0. The fraction of sp³-hybridized carbons (Fsp3) is 0.471. The summed E-state index contributed by atoms with van der Waals surface area (Å²) in [6.45, 7) is 4.93. The zero-order chi connectivity index (χ0) is 15.5. The first kappa shape index (κ1) is 14.9. The van der Waals surface area contributed by atoms with E-state index in [1.165, 1.54) is 5.56 Å². The third kappa shape index (κ3) is 2.81. The summed E-state index contributed by atoms with van der Waals surface area (Å²) in [5.41, 5.74) is 5.25. The van der Waals surface area contributed by atoms with Crippen LogP contribution < -0.4 is 10.7 Å². The Morgan fingerprint density at radius 3 is 2.82 bits per heavy atom. The van der Waals surface area contributed by atoms with Crippen LogP contribution >= 0.6 is 0 Å². The van der Waals surface area contributed by atoms with E-state index in [2.05, 4.69) is 46.9 Å². The lowest BCUT2D eigenvalue weighted by Gasteiger charge is -2.27. The van der Waals surface area contributed by atoms with Crippen LogP contribution in [-0.2, 0) is 9.53 Å². The summed E-state index contributed by atoms with van der Waals surface area (Å²) in [6.07, 6.45) is 2.09. The molecule has 3 rings (SSSR count). The van der Waals surface area contributed by atoms with Gasteiger partial charge in [0.2, 0.25) is 0 Å². The molecule has 0 aromatic heterocycles. The van der Waals surface area contributed by atoms with Gasteiger partial charge in [0.25, 0.3) is 0 Å². The molecule has 1 aromatic carbocycles. The van der Waals surface area contributed by atoms with Gasteiger partial charge in [-0.15, -0.1) is 0 Å². The van der Waals surface area contributed by atoms with Gasteiger partial charge < -0.3 is 10.1 Å². The smallest absolute Gasteiger partial charge is 0.339 e. The van der Waals surface area contributed by atoms with Crippen LogP contribution in [0, 0.1) is 0 Å². The van der Waals surface area contributed by atoms with Crippen LogP contribution in [0.4, 0.5) is 0 Å². The van der Waals surface area contributed by atoms with Crippen molar-refractivity contribution in [3.05, 3.63) is 47.3 Å². The third-order valence-corrected chi connectivity index (χ3v) is 4.30. The van der Waals surface area contributed by atoms with E-state index >= 15 is 0 Å². The topological polar surface area (TPSA) is 53.6 Å². The second kappa shape index (κ2) is 6.40. The molecule has 0 aliphatic carbocycles. The van der Waals surface area contributed by atoms with Crippen LogP contribution in [0.5, 0.6) is 0 Å². The fourth-order valence-corrected chi connectivity index (χ4v) is 3.10. The molecule has 1 saturated heterocycles. The number of nitrogens with one attached hydrogen (secondary N) is 2. The summed E-state index contributed by atoms with van der Waals surface area (Å²) in [5, 5.41) is 5.63. The Morgan fingerprint density at radius 1 is 1.32 bits per heavy atom. The molecule has 1 fully saturated rings. The predicted octanol–water partition coefficient (Wildman–Crippen LogP) is 2.09. The van der Waals surface area contributed by atoms with E-state index in [4.69, 9.17) is 4.74 Å². The Balaban J connectivity index is 1.91. The van der Waals surface area contributed by atoms with Gasteiger partial charge in [-0.3, -0.25) is 5.01 Å². The minimum atomic E-state index is -0.235. The molecule has 5 nitrogen and oxygen atoms in total. The van der Waals surface area contributed by atoms with E-state index in [1.54, 1.807) is 0 Å². The van der Waals surface area contributed by atoms with Crippen molar-refractivity contribution in [3.8, 4) is 0 Å².